The molecule has 0 amide bonds. The van der Waals surface area contributed by atoms with Crippen LogP contribution in [-0.2, 0) is 11.2 Å². The fourth-order valence-electron chi connectivity index (χ4n) is 2.22. The molecule has 1 heterocycles. The van der Waals surface area contributed by atoms with Gasteiger partial charge in [0.25, 0.3) is 0 Å². The van der Waals surface area contributed by atoms with Crippen molar-refractivity contribution in [1.82, 2.24) is 8.75 Å². The lowest BCUT2D eigenvalue weighted by Crippen LogP contribution is -2.14. The lowest BCUT2D eigenvalue weighted by Gasteiger charge is -2.13. The second kappa shape index (κ2) is 5.79. The van der Waals surface area contributed by atoms with E-state index in [1.54, 1.807) is 24.3 Å². The van der Waals surface area contributed by atoms with E-state index in [4.69, 9.17) is 11.6 Å². The Hall–Kier alpha value is -1.98. The molecule has 0 aliphatic rings. The van der Waals surface area contributed by atoms with Gasteiger partial charge in [-0.05, 0) is 41.8 Å². The molecule has 106 valence electrons. The Kier molecular flexibility index (Phi) is 3.86. The predicted octanol–water partition coefficient (Wildman–Crippen LogP) is 3.76. The van der Waals surface area contributed by atoms with Gasteiger partial charge in [0, 0.05) is 5.02 Å². The fourth-order valence-corrected chi connectivity index (χ4v) is 2.86. The van der Waals surface area contributed by atoms with Gasteiger partial charge in [0.05, 0.1) is 17.6 Å². The third-order valence-electron chi connectivity index (χ3n) is 3.33. The molecule has 6 heteroatoms. The Morgan fingerprint density at radius 1 is 1.14 bits per heavy atom. The molecule has 21 heavy (non-hydrogen) atoms. The Labute approximate surface area is 130 Å². The molecule has 3 rings (SSSR count). The van der Waals surface area contributed by atoms with E-state index in [0.717, 1.165) is 33.9 Å². The summed E-state index contributed by atoms with van der Waals surface area (Å²) >= 11 is 6.98. The molecule has 0 fully saturated rings. The lowest BCUT2D eigenvalue weighted by atomic mass is 9.92. The smallest absolute Gasteiger partial charge is 0.311 e. The van der Waals surface area contributed by atoms with Crippen LogP contribution in [0.1, 0.15) is 17.0 Å². The zero-order valence-corrected chi connectivity index (χ0v) is 12.4. The number of carboxylic acids is 1. The number of aromatic nitrogens is 2. The summed E-state index contributed by atoms with van der Waals surface area (Å²) in [6.07, 6.45) is 0.412. The van der Waals surface area contributed by atoms with E-state index in [9.17, 15) is 9.90 Å². The fraction of sp³-hybridized carbons (Fsp3) is 0.133. The molecule has 0 saturated heterocycles. The van der Waals surface area contributed by atoms with Crippen LogP contribution in [-0.4, -0.2) is 19.8 Å². The first-order valence-corrected chi connectivity index (χ1v) is 7.44. The number of carbonyl (C=O) groups is 1. The first-order chi connectivity index (χ1) is 10.1. The molecule has 1 atom stereocenters. The van der Waals surface area contributed by atoms with Crippen molar-refractivity contribution >= 4 is 40.3 Å². The van der Waals surface area contributed by atoms with Crippen LogP contribution in [0, 0.1) is 0 Å². The quantitative estimate of drug-likeness (QED) is 0.795. The number of hydrogen-bond acceptors (Lipinski definition) is 4. The summed E-state index contributed by atoms with van der Waals surface area (Å²) in [5.74, 6) is -1.47. The third-order valence-corrected chi connectivity index (χ3v) is 4.14. The number of aliphatic carboxylic acids is 1. The van der Waals surface area contributed by atoms with Crippen molar-refractivity contribution in [2.75, 3.05) is 0 Å². The molecule has 3 aromatic rings. The molecule has 4 nitrogen and oxygen atoms in total. The number of carboxylic acid groups (broad SMARTS) is 1. The largest absolute Gasteiger partial charge is 0.481 e. The van der Waals surface area contributed by atoms with Crippen LogP contribution in [0.4, 0.5) is 0 Å². The minimum atomic E-state index is -0.854. The van der Waals surface area contributed by atoms with Crippen LogP contribution in [0.3, 0.4) is 0 Å². The molecule has 1 aromatic heterocycles. The van der Waals surface area contributed by atoms with Crippen LogP contribution >= 0.6 is 23.3 Å². The van der Waals surface area contributed by atoms with E-state index in [-0.39, 0.29) is 0 Å². The van der Waals surface area contributed by atoms with Gasteiger partial charge in [-0.1, -0.05) is 29.8 Å². The normalized spacial score (nSPS) is 12.4. The van der Waals surface area contributed by atoms with Gasteiger partial charge >= 0.3 is 5.97 Å². The van der Waals surface area contributed by atoms with Crippen molar-refractivity contribution in [3.8, 4) is 0 Å². The first-order valence-electron chi connectivity index (χ1n) is 6.33. The zero-order valence-electron chi connectivity index (χ0n) is 10.9. The predicted molar refractivity (Wildman–Crippen MR) is 82.9 cm³/mol. The highest BCUT2D eigenvalue weighted by Gasteiger charge is 2.21. The van der Waals surface area contributed by atoms with E-state index < -0.39 is 11.9 Å². The van der Waals surface area contributed by atoms with Gasteiger partial charge in [-0.3, -0.25) is 4.79 Å². The molecule has 0 bridgehead atoms. The number of benzene rings is 2. The highest BCUT2D eigenvalue weighted by atomic mass is 35.5. The van der Waals surface area contributed by atoms with Gasteiger partial charge < -0.3 is 5.11 Å². The summed E-state index contributed by atoms with van der Waals surface area (Å²) in [6, 6.07) is 12.6. The van der Waals surface area contributed by atoms with Crippen molar-refractivity contribution in [2.45, 2.75) is 12.3 Å². The number of hydrogen-bond donors (Lipinski definition) is 1. The summed E-state index contributed by atoms with van der Waals surface area (Å²) in [4.78, 5) is 11.6. The zero-order chi connectivity index (χ0) is 14.8. The van der Waals surface area contributed by atoms with Crippen LogP contribution in [0.25, 0.3) is 11.0 Å². The number of fused-ring (bicyclic) bond motifs is 1. The maximum absolute atomic E-state index is 11.6. The molecule has 0 radical (unpaired) electrons. The van der Waals surface area contributed by atoms with E-state index in [1.807, 2.05) is 18.2 Å². The summed E-state index contributed by atoms with van der Waals surface area (Å²) in [5, 5.41) is 10.1. The second-order valence-electron chi connectivity index (χ2n) is 4.73. The molecule has 1 N–H and O–H groups in total. The first kappa shape index (κ1) is 14.0. The van der Waals surface area contributed by atoms with Crippen LogP contribution in [0.15, 0.2) is 42.5 Å². The summed E-state index contributed by atoms with van der Waals surface area (Å²) in [7, 11) is 0. The van der Waals surface area contributed by atoms with Gasteiger partial charge in [-0.15, -0.1) is 0 Å². The van der Waals surface area contributed by atoms with Crippen molar-refractivity contribution in [1.29, 1.82) is 0 Å². The molecular formula is C15H11ClN2O2S. The topological polar surface area (TPSA) is 63.1 Å². The average molecular weight is 319 g/mol. The van der Waals surface area contributed by atoms with Gasteiger partial charge in [-0.25, -0.2) is 0 Å². The molecule has 0 aliphatic carbocycles. The maximum atomic E-state index is 11.6. The average Bonchev–Trinajstić information content (AvgIpc) is 2.93. The Bertz CT molecular complexity index is 786. The van der Waals surface area contributed by atoms with E-state index in [1.165, 1.54) is 0 Å². The maximum Gasteiger partial charge on any atom is 0.311 e. The summed E-state index contributed by atoms with van der Waals surface area (Å²) in [5.41, 5.74) is 3.19. The number of halogens is 1. The Morgan fingerprint density at radius 2 is 1.86 bits per heavy atom. The Morgan fingerprint density at radius 3 is 2.57 bits per heavy atom. The minimum Gasteiger partial charge on any atom is -0.481 e. The van der Waals surface area contributed by atoms with E-state index in [0.29, 0.717) is 11.4 Å². The third kappa shape index (κ3) is 3.04. The highest BCUT2D eigenvalue weighted by molar-refractivity contribution is 7.00. The van der Waals surface area contributed by atoms with Gasteiger partial charge in [-0.2, -0.15) is 8.75 Å². The van der Waals surface area contributed by atoms with Crippen LogP contribution < -0.4 is 0 Å². The van der Waals surface area contributed by atoms with Gasteiger partial charge in [0.1, 0.15) is 11.0 Å². The molecule has 1 unspecified atom stereocenters. The van der Waals surface area contributed by atoms with E-state index >= 15 is 0 Å². The summed E-state index contributed by atoms with van der Waals surface area (Å²) in [6.45, 7) is 0. The van der Waals surface area contributed by atoms with Crippen LogP contribution in [0.5, 0.6) is 0 Å². The SMILES string of the molecule is O=C(O)C(Cc1ccc(Cl)cc1)c1ccc2nsnc2c1. The molecule has 2 aromatic carbocycles. The van der Waals surface area contributed by atoms with Crippen LogP contribution in [0.2, 0.25) is 5.02 Å². The molecule has 0 aliphatic heterocycles. The van der Waals surface area contributed by atoms with Gasteiger partial charge in [0.2, 0.25) is 0 Å². The highest BCUT2D eigenvalue weighted by Crippen LogP contribution is 2.25. The number of nitrogens with zero attached hydrogens (tertiary/aromatic N) is 2. The second-order valence-corrected chi connectivity index (χ2v) is 5.70. The van der Waals surface area contributed by atoms with Crippen molar-refractivity contribution in [3.05, 3.63) is 58.6 Å². The van der Waals surface area contributed by atoms with Crippen molar-refractivity contribution < 1.29 is 9.90 Å². The minimum absolute atomic E-state index is 0.412. The Balaban J connectivity index is 1.93. The lowest BCUT2D eigenvalue weighted by molar-refractivity contribution is -0.138. The monoisotopic (exact) mass is 318 g/mol. The van der Waals surface area contributed by atoms with Crippen molar-refractivity contribution in [2.24, 2.45) is 0 Å². The van der Waals surface area contributed by atoms with Crippen molar-refractivity contribution in [3.63, 3.8) is 0 Å². The number of rotatable bonds is 4. The molecule has 0 spiro atoms. The standard InChI is InChI=1S/C15H11ClN2O2S/c16-11-4-1-9(2-5-11)7-12(15(19)20)10-3-6-13-14(8-10)18-21-17-13/h1-6,8,12H,7H2,(H,19,20). The molecular weight excluding hydrogens is 308 g/mol. The van der Waals surface area contributed by atoms with Gasteiger partial charge in [0.15, 0.2) is 0 Å². The van der Waals surface area contributed by atoms with E-state index in [2.05, 4.69) is 8.75 Å². The summed E-state index contributed by atoms with van der Waals surface area (Å²) < 4.78 is 8.29. The molecule has 0 saturated carbocycles.